The molecule has 0 radical (unpaired) electrons. The number of oxazole rings is 1. The Labute approximate surface area is 125 Å². The summed E-state index contributed by atoms with van der Waals surface area (Å²) < 4.78 is 18.2. The minimum atomic E-state index is -0.334. The third-order valence-corrected chi connectivity index (χ3v) is 2.82. The van der Waals surface area contributed by atoms with Gasteiger partial charge in [0.15, 0.2) is 5.82 Å². The van der Waals surface area contributed by atoms with Gasteiger partial charge in [0, 0.05) is 18.0 Å². The number of hydrogen-bond donors (Lipinski definition) is 1. The maximum atomic E-state index is 12.9. The van der Waals surface area contributed by atoms with E-state index in [1.165, 1.54) is 37.0 Å². The number of nitrogens with one attached hydrogen (secondary N) is 1. The summed E-state index contributed by atoms with van der Waals surface area (Å²) in [4.78, 5) is 23.9. The first-order valence-electron chi connectivity index (χ1n) is 6.47. The molecule has 0 bridgehead atoms. The SMILES string of the molecule is O=C(Cc1coc(-c2ccc(F)cc2)n1)Nc1cnccn1. The van der Waals surface area contributed by atoms with Gasteiger partial charge < -0.3 is 9.73 Å². The van der Waals surface area contributed by atoms with Crippen molar-refractivity contribution in [3.05, 3.63) is 60.6 Å². The molecule has 0 fully saturated rings. The Morgan fingerprint density at radius 1 is 1.23 bits per heavy atom. The summed E-state index contributed by atoms with van der Waals surface area (Å²) in [5.74, 6) is 0.0930. The summed E-state index contributed by atoms with van der Waals surface area (Å²) in [7, 11) is 0. The highest BCUT2D eigenvalue weighted by molar-refractivity contribution is 5.90. The number of halogens is 1. The molecule has 0 aliphatic rings. The molecular formula is C15H11FN4O2. The normalized spacial score (nSPS) is 10.4. The molecule has 0 unspecified atom stereocenters. The fourth-order valence-electron chi connectivity index (χ4n) is 1.83. The van der Waals surface area contributed by atoms with Crippen LogP contribution in [0.25, 0.3) is 11.5 Å². The summed E-state index contributed by atoms with van der Waals surface area (Å²) in [5, 5.41) is 2.60. The average molecular weight is 298 g/mol. The predicted molar refractivity (Wildman–Crippen MR) is 76.3 cm³/mol. The molecule has 0 atom stereocenters. The number of anilines is 1. The van der Waals surface area contributed by atoms with E-state index < -0.39 is 0 Å². The van der Waals surface area contributed by atoms with Crippen LogP contribution in [0.2, 0.25) is 0 Å². The van der Waals surface area contributed by atoms with Crippen LogP contribution in [0.4, 0.5) is 10.2 Å². The van der Waals surface area contributed by atoms with Gasteiger partial charge in [-0.1, -0.05) is 0 Å². The zero-order valence-corrected chi connectivity index (χ0v) is 11.4. The third kappa shape index (κ3) is 3.32. The fourth-order valence-corrected chi connectivity index (χ4v) is 1.83. The van der Waals surface area contributed by atoms with Crippen molar-refractivity contribution in [2.75, 3.05) is 5.32 Å². The number of carbonyl (C=O) groups is 1. The Morgan fingerprint density at radius 2 is 2.05 bits per heavy atom. The molecule has 1 amide bonds. The molecule has 1 N–H and O–H groups in total. The summed E-state index contributed by atoms with van der Waals surface area (Å²) in [5.41, 5.74) is 1.11. The smallest absolute Gasteiger partial charge is 0.231 e. The van der Waals surface area contributed by atoms with E-state index in [0.29, 0.717) is 23.0 Å². The molecule has 6 nitrogen and oxygen atoms in total. The van der Waals surface area contributed by atoms with Crippen LogP contribution >= 0.6 is 0 Å². The number of hydrogen-bond acceptors (Lipinski definition) is 5. The molecule has 2 heterocycles. The van der Waals surface area contributed by atoms with Crippen molar-refractivity contribution in [3.8, 4) is 11.5 Å². The molecule has 0 aliphatic carbocycles. The Kier molecular flexibility index (Phi) is 3.86. The van der Waals surface area contributed by atoms with Crippen LogP contribution in [-0.2, 0) is 11.2 Å². The van der Waals surface area contributed by atoms with Gasteiger partial charge in [-0.25, -0.2) is 14.4 Å². The first kappa shape index (κ1) is 13.9. The Morgan fingerprint density at radius 3 is 2.77 bits per heavy atom. The monoisotopic (exact) mass is 298 g/mol. The number of benzene rings is 1. The summed E-state index contributed by atoms with van der Waals surface area (Å²) in [6.07, 6.45) is 5.89. The lowest BCUT2D eigenvalue weighted by Crippen LogP contribution is -2.15. The van der Waals surface area contributed by atoms with Crippen molar-refractivity contribution < 1.29 is 13.6 Å². The molecule has 0 saturated heterocycles. The van der Waals surface area contributed by atoms with Gasteiger partial charge in [0.2, 0.25) is 11.8 Å². The van der Waals surface area contributed by atoms with Crippen LogP contribution in [0.5, 0.6) is 0 Å². The summed E-state index contributed by atoms with van der Waals surface area (Å²) >= 11 is 0. The minimum absolute atomic E-state index is 0.0429. The van der Waals surface area contributed by atoms with Crippen LogP contribution in [-0.4, -0.2) is 20.9 Å². The quantitative estimate of drug-likeness (QED) is 0.800. The molecule has 3 rings (SSSR count). The van der Waals surface area contributed by atoms with Crippen LogP contribution in [0, 0.1) is 5.82 Å². The van der Waals surface area contributed by atoms with Gasteiger partial charge in [0.05, 0.1) is 18.3 Å². The molecule has 1 aromatic carbocycles. The number of nitrogens with zero attached hydrogens (tertiary/aromatic N) is 3. The fraction of sp³-hybridized carbons (Fsp3) is 0.0667. The van der Waals surface area contributed by atoms with Crippen LogP contribution in [0.1, 0.15) is 5.69 Å². The molecule has 3 aromatic rings. The molecule has 7 heteroatoms. The maximum Gasteiger partial charge on any atom is 0.231 e. The summed E-state index contributed by atoms with van der Waals surface area (Å²) in [6, 6.07) is 5.76. The second-order valence-electron chi connectivity index (χ2n) is 4.47. The highest BCUT2D eigenvalue weighted by atomic mass is 19.1. The maximum absolute atomic E-state index is 12.9. The van der Waals surface area contributed by atoms with E-state index >= 15 is 0 Å². The van der Waals surface area contributed by atoms with Crippen LogP contribution < -0.4 is 5.32 Å². The van der Waals surface area contributed by atoms with Crippen molar-refractivity contribution in [1.29, 1.82) is 0 Å². The van der Waals surface area contributed by atoms with Crippen molar-refractivity contribution in [2.24, 2.45) is 0 Å². The van der Waals surface area contributed by atoms with E-state index in [9.17, 15) is 9.18 Å². The molecule has 22 heavy (non-hydrogen) atoms. The van der Waals surface area contributed by atoms with Gasteiger partial charge in [-0.2, -0.15) is 0 Å². The van der Waals surface area contributed by atoms with Gasteiger partial charge in [0.1, 0.15) is 12.1 Å². The van der Waals surface area contributed by atoms with E-state index in [4.69, 9.17) is 4.42 Å². The Bertz CT molecular complexity index is 772. The first-order chi connectivity index (χ1) is 10.7. The van der Waals surface area contributed by atoms with E-state index in [1.54, 1.807) is 12.1 Å². The molecule has 0 saturated carbocycles. The predicted octanol–water partition coefficient (Wildman–Crippen LogP) is 2.45. The van der Waals surface area contributed by atoms with E-state index in [0.717, 1.165) is 0 Å². The number of rotatable bonds is 4. The highest BCUT2D eigenvalue weighted by Gasteiger charge is 2.11. The van der Waals surface area contributed by atoms with Gasteiger partial charge in [-0.05, 0) is 24.3 Å². The lowest BCUT2D eigenvalue weighted by molar-refractivity contribution is -0.115. The van der Waals surface area contributed by atoms with Crippen LogP contribution in [0.15, 0.2) is 53.5 Å². The second-order valence-corrected chi connectivity index (χ2v) is 4.47. The minimum Gasteiger partial charge on any atom is -0.444 e. The zero-order chi connectivity index (χ0) is 15.4. The number of aromatic nitrogens is 3. The number of carbonyl (C=O) groups excluding carboxylic acids is 1. The third-order valence-electron chi connectivity index (χ3n) is 2.82. The highest BCUT2D eigenvalue weighted by Crippen LogP contribution is 2.19. The molecule has 0 spiro atoms. The van der Waals surface area contributed by atoms with E-state index in [1.807, 2.05) is 0 Å². The number of amides is 1. The van der Waals surface area contributed by atoms with E-state index in [2.05, 4.69) is 20.3 Å². The topological polar surface area (TPSA) is 80.9 Å². The largest absolute Gasteiger partial charge is 0.444 e. The van der Waals surface area contributed by atoms with Gasteiger partial charge in [-0.3, -0.25) is 9.78 Å². The van der Waals surface area contributed by atoms with Crippen molar-refractivity contribution in [2.45, 2.75) is 6.42 Å². The van der Waals surface area contributed by atoms with Gasteiger partial charge in [-0.15, -0.1) is 0 Å². The lowest BCUT2D eigenvalue weighted by atomic mass is 10.2. The van der Waals surface area contributed by atoms with Crippen LogP contribution in [0.3, 0.4) is 0 Å². The van der Waals surface area contributed by atoms with Crippen molar-refractivity contribution in [3.63, 3.8) is 0 Å². The van der Waals surface area contributed by atoms with Crippen molar-refractivity contribution >= 4 is 11.7 Å². The lowest BCUT2D eigenvalue weighted by Gasteiger charge is -2.00. The van der Waals surface area contributed by atoms with E-state index in [-0.39, 0.29) is 18.1 Å². The summed E-state index contributed by atoms with van der Waals surface area (Å²) in [6.45, 7) is 0. The molecule has 0 aliphatic heterocycles. The second kappa shape index (κ2) is 6.13. The first-order valence-corrected chi connectivity index (χ1v) is 6.47. The standard InChI is InChI=1S/C15H11FN4O2/c16-11-3-1-10(2-4-11)15-19-12(9-22-15)7-14(21)20-13-8-17-5-6-18-13/h1-6,8-9H,7H2,(H,18,20,21). The molecule has 2 aromatic heterocycles. The Balaban J connectivity index is 1.66. The van der Waals surface area contributed by atoms with Gasteiger partial charge in [0.25, 0.3) is 0 Å². The van der Waals surface area contributed by atoms with Gasteiger partial charge >= 0.3 is 0 Å². The molecular weight excluding hydrogens is 287 g/mol. The Hall–Kier alpha value is -3.09. The van der Waals surface area contributed by atoms with Crippen molar-refractivity contribution in [1.82, 2.24) is 15.0 Å². The molecule has 110 valence electrons. The average Bonchev–Trinajstić information content (AvgIpc) is 2.97. The zero-order valence-electron chi connectivity index (χ0n) is 11.4.